The van der Waals surface area contributed by atoms with E-state index in [0.29, 0.717) is 5.56 Å². The summed E-state index contributed by atoms with van der Waals surface area (Å²) in [7, 11) is 0. The van der Waals surface area contributed by atoms with Crippen molar-refractivity contribution in [2.24, 2.45) is 11.0 Å². The third-order valence-electron chi connectivity index (χ3n) is 6.01. The van der Waals surface area contributed by atoms with Crippen molar-refractivity contribution in [1.29, 1.82) is 0 Å². The number of hydrogen-bond acceptors (Lipinski definition) is 2. The van der Waals surface area contributed by atoms with Gasteiger partial charge in [0.2, 0.25) is 0 Å². The molecule has 0 aromatic heterocycles. The number of nitrogens with zero attached hydrogens (tertiary/aromatic N) is 2. The molecule has 0 radical (unpaired) electrons. The Kier molecular flexibility index (Phi) is 5.02. The number of benzene rings is 3. The minimum atomic E-state index is -0.0617. The topological polar surface area (TPSA) is 32.7 Å². The van der Waals surface area contributed by atoms with Gasteiger partial charge in [-0.2, -0.15) is 5.10 Å². The summed E-state index contributed by atoms with van der Waals surface area (Å²) < 4.78 is 0. The minimum Gasteiger partial charge on any atom is -0.267 e. The Morgan fingerprint density at radius 2 is 1.50 bits per heavy atom. The molecule has 3 heteroatoms. The van der Waals surface area contributed by atoms with Crippen LogP contribution in [0.1, 0.15) is 46.8 Å². The number of carbonyl (C=O) groups excluding carboxylic acids is 1. The quantitative estimate of drug-likeness (QED) is 0.528. The van der Waals surface area contributed by atoms with Crippen molar-refractivity contribution in [3.63, 3.8) is 0 Å². The van der Waals surface area contributed by atoms with Crippen molar-refractivity contribution in [2.45, 2.75) is 25.3 Å². The first-order valence-corrected chi connectivity index (χ1v) is 10.6. The van der Waals surface area contributed by atoms with Crippen LogP contribution in [-0.4, -0.2) is 16.6 Å². The molecule has 0 spiro atoms. The van der Waals surface area contributed by atoms with E-state index in [1.807, 2.05) is 54.6 Å². The zero-order valence-electron chi connectivity index (χ0n) is 16.8. The minimum absolute atomic E-state index is 0.0367. The maximum Gasteiger partial charge on any atom is 0.274 e. The average Bonchev–Trinajstić information content (AvgIpc) is 3.21. The second kappa shape index (κ2) is 8.11. The van der Waals surface area contributed by atoms with Crippen molar-refractivity contribution in [3.05, 3.63) is 113 Å². The van der Waals surface area contributed by atoms with Crippen LogP contribution < -0.4 is 0 Å². The lowest BCUT2D eigenvalue weighted by molar-refractivity contribution is 0.0681. The fourth-order valence-electron chi connectivity index (χ4n) is 4.61. The Bertz CT molecular complexity index is 1090. The van der Waals surface area contributed by atoms with Gasteiger partial charge in [0, 0.05) is 11.5 Å². The van der Waals surface area contributed by atoms with Gasteiger partial charge in [-0.15, -0.1) is 0 Å². The van der Waals surface area contributed by atoms with Crippen LogP contribution in [0.4, 0.5) is 0 Å². The van der Waals surface area contributed by atoms with Gasteiger partial charge in [-0.1, -0.05) is 78.9 Å². The molecule has 2 aliphatic rings. The molecule has 1 aliphatic heterocycles. The molecule has 0 saturated heterocycles. The molecule has 148 valence electrons. The number of hydrazone groups is 1. The summed E-state index contributed by atoms with van der Waals surface area (Å²) >= 11 is 0. The van der Waals surface area contributed by atoms with Crippen LogP contribution in [0.25, 0.3) is 6.08 Å². The summed E-state index contributed by atoms with van der Waals surface area (Å²) in [5.41, 5.74) is 5.33. The van der Waals surface area contributed by atoms with Crippen LogP contribution in [0.15, 0.2) is 102 Å². The van der Waals surface area contributed by atoms with Gasteiger partial charge in [-0.25, -0.2) is 5.01 Å². The summed E-state index contributed by atoms with van der Waals surface area (Å²) in [4.78, 5) is 13.4. The average molecular weight is 393 g/mol. The highest BCUT2D eigenvalue weighted by Crippen LogP contribution is 2.44. The van der Waals surface area contributed by atoms with E-state index in [-0.39, 0.29) is 17.9 Å². The molecule has 1 fully saturated rings. The molecule has 3 aromatic carbocycles. The summed E-state index contributed by atoms with van der Waals surface area (Å²) in [5.74, 6) is 0.189. The van der Waals surface area contributed by atoms with Crippen LogP contribution in [0.5, 0.6) is 0 Å². The second-order valence-electron chi connectivity index (χ2n) is 7.94. The molecule has 1 amide bonds. The zero-order valence-corrected chi connectivity index (χ0v) is 16.8. The van der Waals surface area contributed by atoms with Crippen molar-refractivity contribution >= 4 is 17.7 Å². The Balaban J connectivity index is 1.58. The summed E-state index contributed by atoms with van der Waals surface area (Å²) in [5, 5.41) is 6.68. The molecule has 3 aromatic rings. The summed E-state index contributed by atoms with van der Waals surface area (Å²) in [6.45, 7) is 0. The Hall–Kier alpha value is -3.46. The monoisotopic (exact) mass is 392 g/mol. The van der Waals surface area contributed by atoms with E-state index >= 15 is 0 Å². The van der Waals surface area contributed by atoms with Gasteiger partial charge in [0.15, 0.2) is 0 Å². The highest BCUT2D eigenvalue weighted by atomic mass is 16.2. The predicted octanol–water partition coefficient (Wildman–Crippen LogP) is 6.12. The third kappa shape index (κ3) is 3.48. The molecule has 1 aliphatic carbocycles. The Morgan fingerprint density at radius 3 is 2.20 bits per heavy atom. The normalized spacial score (nSPS) is 21.9. The SMILES string of the molecule is O=C(c1ccccc1)N1N=C2/C(=C/c3ccccc3)CCC[C@@H]2[C@@H]1c1ccccc1. The molecular weight excluding hydrogens is 368 g/mol. The zero-order chi connectivity index (χ0) is 20.3. The molecule has 0 unspecified atom stereocenters. The van der Waals surface area contributed by atoms with Crippen LogP contribution in [0.3, 0.4) is 0 Å². The highest BCUT2D eigenvalue weighted by Gasteiger charge is 2.43. The first-order chi connectivity index (χ1) is 14.8. The fourth-order valence-corrected chi connectivity index (χ4v) is 4.61. The highest BCUT2D eigenvalue weighted by molar-refractivity contribution is 6.09. The van der Waals surface area contributed by atoms with Gasteiger partial charge < -0.3 is 0 Å². The molecule has 1 saturated carbocycles. The first kappa shape index (κ1) is 18.6. The van der Waals surface area contributed by atoms with E-state index in [0.717, 1.165) is 30.5 Å². The summed E-state index contributed by atoms with van der Waals surface area (Å²) in [6.07, 6.45) is 5.39. The lowest BCUT2D eigenvalue weighted by atomic mass is 9.77. The predicted molar refractivity (Wildman–Crippen MR) is 121 cm³/mol. The number of carbonyl (C=O) groups is 1. The number of fused-ring (bicyclic) bond motifs is 1. The van der Waals surface area contributed by atoms with Gasteiger partial charge in [-0.3, -0.25) is 4.79 Å². The number of allylic oxidation sites excluding steroid dienone is 1. The van der Waals surface area contributed by atoms with Crippen molar-refractivity contribution in [2.75, 3.05) is 0 Å². The van der Waals surface area contributed by atoms with Crippen molar-refractivity contribution < 1.29 is 4.79 Å². The summed E-state index contributed by atoms with van der Waals surface area (Å²) in [6, 6.07) is 30.1. The van der Waals surface area contributed by atoms with E-state index < -0.39 is 0 Å². The van der Waals surface area contributed by atoms with Gasteiger partial charge in [-0.05, 0) is 54.2 Å². The molecular formula is C27H24N2O. The lowest BCUT2D eigenvalue weighted by Gasteiger charge is -2.29. The van der Waals surface area contributed by atoms with Crippen LogP contribution in [0, 0.1) is 5.92 Å². The molecule has 0 N–H and O–H groups in total. The van der Waals surface area contributed by atoms with Gasteiger partial charge in [0.05, 0.1) is 11.8 Å². The van der Waals surface area contributed by atoms with E-state index in [9.17, 15) is 4.79 Å². The van der Waals surface area contributed by atoms with E-state index in [4.69, 9.17) is 5.10 Å². The van der Waals surface area contributed by atoms with E-state index in [1.165, 1.54) is 11.1 Å². The Labute approximate surface area is 177 Å². The second-order valence-corrected chi connectivity index (χ2v) is 7.94. The van der Waals surface area contributed by atoms with E-state index in [2.05, 4.69) is 42.5 Å². The van der Waals surface area contributed by atoms with Crippen molar-refractivity contribution in [3.8, 4) is 0 Å². The van der Waals surface area contributed by atoms with Gasteiger partial charge in [0.25, 0.3) is 5.91 Å². The molecule has 30 heavy (non-hydrogen) atoms. The molecule has 2 atom stereocenters. The first-order valence-electron chi connectivity index (χ1n) is 10.6. The standard InChI is InChI=1S/C27H24N2O/c30-27(22-15-8-3-9-16-22)29-26(21-13-6-2-7-14-21)24-18-10-17-23(25(24)28-29)19-20-11-4-1-5-12-20/h1-9,11-16,19,24,26H,10,17-18H2/b23-19+/t24-,26-/m0/s1. The molecule has 0 bridgehead atoms. The van der Waals surface area contributed by atoms with Crippen molar-refractivity contribution in [1.82, 2.24) is 5.01 Å². The molecule has 3 nitrogen and oxygen atoms in total. The lowest BCUT2D eigenvalue weighted by Crippen LogP contribution is -2.31. The maximum atomic E-state index is 13.4. The van der Waals surface area contributed by atoms with Crippen LogP contribution >= 0.6 is 0 Å². The molecule has 5 rings (SSSR count). The smallest absolute Gasteiger partial charge is 0.267 e. The van der Waals surface area contributed by atoms with Gasteiger partial charge in [0.1, 0.15) is 0 Å². The number of rotatable bonds is 3. The van der Waals surface area contributed by atoms with Gasteiger partial charge >= 0.3 is 0 Å². The largest absolute Gasteiger partial charge is 0.274 e. The number of hydrogen-bond donors (Lipinski definition) is 0. The fraction of sp³-hybridized carbons (Fsp3) is 0.185. The third-order valence-corrected chi connectivity index (χ3v) is 6.01. The van der Waals surface area contributed by atoms with E-state index in [1.54, 1.807) is 5.01 Å². The Morgan fingerprint density at radius 1 is 0.867 bits per heavy atom. The molecule has 1 heterocycles. The number of amides is 1. The van der Waals surface area contributed by atoms with Crippen LogP contribution in [0.2, 0.25) is 0 Å². The maximum absolute atomic E-state index is 13.4. The van der Waals surface area contributed by atoms with Crippen LogP contribution in [-0.2, 0) is 0 Å².